The van der Waals surface area contributed by atoms with Crippen LogP contribution in [0.15, 0.2) is 36.4 Å². The molecule has 2 rings (SSSR count). The standard InChI is InChI=1S/C18H25NO2/c1-4-19(18(20)15-9-6-5-7-10-15)14(2)16-11-8-12-17(13-16)21-3/h5-6,8,11-15H,4,7,9-10H2,1-3H3. The molecule has 3 nitrogen and oxygen atoms in total. The maximum atomic E-state index is 12.8. The van der Waals surface area contributed by atoms with Crippen LogP contribution in [0.1, 0.15) is 44.7 Å². The molecule has 1 amide bonds. The summed E-state index contributed by atoms with van der Waals surface area (Å²) in [5, 5.41) is 0. The van der Waals surface area contributed by atoms with Crippen molar-refractivity contribution >= 4 is 5.91 Å². The van der Waals surface area contributed by atoms with Crippen LogP contribution in [0.25, 0.3) is 0 Å². The van der Waals surface area contributed by atoms with Gasteiger partial charge in [-0.3, -0.25) is 4.79 Å². The normalized spacial score (nSPS) is 19.1. The number of amides is 1. The van der Waals surface area contributed by atoms with E-state index in [2.05, 4.69) is 25.1 Å². The first-order valence-electron chi connectivity index (χ1n) is 7.76. The number of benzene rings is 1. The van der Waals surface area contributed by atoms with Gasteiger partial charge in [-0.15, -0.1) is 0 Å². The molecule has 1 aromatic carbocycles. The van der Waals surface area contributed by atoms with Gasteiger partial charge in [0.1, 0.15) is 5.75 Å². The Morgan fingerprint density at radius 3 is 2.86 bits per heavy atom. The zero-order chi connectivity index (χ0) is 15.2. The minimum absolute atomic E-state index is 0.0727. The summed E-state index contributed by atoms with van der Waals surface area (Å²) in [6, 6.07) is 8.06. The van der Waals surface area contributed by atoms with Crippen LogP contribution in [0, 0.1) is 5.92 Å². The molecule has 0 saturated heterocycles. The van der Waals surface area contributed by atoms with Crippen molar-refractivity contribution in [1.82, 2.24) is 4.90 Å². The number of ether oxygens (including phenoxy) is 1. The topological polar surface area (TPSA) is 29.5 Å². The fourth-order valence-corrected chi connectivity index (χ4v) is 2.95. The summed E-state index contributed by atoms with van der Waals surface area (Å²) in [5.74, 6) is 1.25. The van der Waals surface area contributed by atoms with Crippen LogP contribution in [0.4, 0.5) is 0 Å². The van der Waals surface area contributed by atoms with Crippen LogP contribution in [-0.4, -0.2) is 24.5 Å². The van der Waals surface area contributed by atoms with E-state index in [-0.39, 0.29) is 17.9 Å². The van der Waals surface area contributed by atoms with Crippen molar-refractivity contribution in [2.75, 3.05) is 13.7 Å². The SMILES string of the molecule is CCN(C(=O)C1CC=CCC1)C(C)c1cccc(OC)c1. The zero-order valence-electron chi connectivity index (χ0n) is 13.2. The summed E-state index contributed by atoms with van der Waals surface area (Å²) in [6.07, 6.45) is 7.17. The molecule has 0 fully saturated rings. The maximum Gasteiger partial charge on any atom is 0.226 e. The molecule has 0 heterocycles. The van der Waals surface area contributed by atoms with Crippen molar-refractivity contribution in [3.63, 3.8) is 0 Å². The Hall–Kier alpha value is -1.77. The highest BCUT2D eigenvalue weighted by atomic mass is 16.5. The third-order valence-corrected chi connectivity index (χ3v) is 4.29. The van der Waals surface area contributed by atoms with Crippen molar-refractivity contribution in [3.05, 3.63) is 42.0 Å². The Morgan fingerprint density at radius 2 is 2.24 bits per heavy atom. The second-order valence-corrected chi connectivity index (χ2v) is 5.56. The number of carbonyl (C=O) groups excluding carboxylic acids is 1. The second kappa shape index (κ2) is 7.30. The van der Waals surface area contributed by atoms with Gasteiger partial charge in [0.25, 0.3) is 0 Å². The first kappa shape index (κ1) is 15.6. The van der Waals surface area contributed by atoms with Crippen LogP contribution in [0.3, 0.4) is 0 Å². The van der Waals surface area contributed by atoms with E-state index in [9.17, 15) is 4.79 Å². The van der Waals surface area contributed by atoms with E-state index in [1.807, 2.05) is 30.0 Å². The number of carbonyl (C=O) groups is 1. The minimum atomic E-state index is 0.0727. The highest BCUT2D eigenvalue weighted by Gasteiger charge is 2.27. The van der Waals surface area contributed by atoms with Gasteiger partial charge in [0.15, 0.2) is 0 Å². The van der Waals surface area contributed by atoms with E-state index in [4.69, 9.17) is 4.74 Å². The highest BCUT2D eigenvalue weighted by molar-refractivity contribution is 5.79. The first-order chi connectivity index (χ1) is 10.2. The number of methoxy groups -OCH3 is 1. The van der Waals surface area contributed by atoms with Crippen LogP contribution >= 0.6 is 0 Å². The van der Waals surface area contributed by atoms with Gasteiger partial charge in [-0.2, -0.15) is 0 Å². The number of rotatable bonds is 5. The molecule has 1 aliphatic rings. The molecule has 2 unspecified atom stereocenters. The molecule has 1 aromatic rings. The number of nitrogens with zero attached hydrogens (tertiary/aromatic N) is 1. The molecule has 2 atom stereocenters. The number of allylic oxidation sites excluding steroid dienone is 2. The summed E-state index contributed by atoms with van der Waals surface area (Å²) in [5.41, 5.74) is 1.12. The average Bonchev–Trinajstić information content (AvgIpc) is 2.56. The van der Waals surface area contributed by atoms with E-state index >= 15 is 0 Å². The molecule has 0 bridgehead atoms. The zero-order valence-corrected chi connectivity index (χ0v) is 13.2. The molecule has 0 aromatic heterocycles. The Kier molecular flexibility index (Phi) is 5.43. The first-order valence-corrected chi connectivity index (χ1v) is 7.76. The molecule has 21 heavy (non-hydrogen) atoms. The van der Waals surface area contributed by atoms with E-state index in [0.29, 0.717) is 0 Å². The van der Waals surface area contributed by atoms with Gasteiger partial charge in [0.2, 0.25) is 5.91 Å². The maximum absolute atomic E-state index is 12.8. The summed E-state index contributed by atoms with van der Waals surface area (Å²) >= 11 is 0. The quantitative estimate of drug-likeness (QED) is 0.767. The average molecular weight is 287 g/mol. The lowest BCUT2D eigenvalue weighted by Crippen LogP contribution is -2.38. The fourth-order valence-electron chi connectivity index (χ4n) is 2.95. The fraction of sp³-hybridized carbons (Fsp3) is 0.500. The summed E-state index contributed by atoms with van der Waals surface area (Å²) in [6.45, 7) is 4.87. The van der Waals surface area contributed by atoms with E-state index in [1.165, 1.54) is 0 Å². The minimum Gasteiger partial charge on any atom is -0.497 e. The molecule has 0 spiro atoms. The highest BCUT2D eigenvalue weighted by Crippen LogP contribution is 2.28. The Labute approximate surface area is 127 Å². The van der Waals surface area contributed by atoms with Crippen LogP contribution in [0.5, 0.6) is 5.75 Å². The molecule has 0 radical (unpaired) electrons. The van der Waals surface area contributed by atoms with E-state index < -0.39 is 0 Å². The van der Waals surface area contributed by atoms with Crippen molar-refractivity contribution in [2.24, 2.45) is 5.92 Å². The molecule has 0 N–H and O–H groups in total. The predicted octanol–water partition coefficient (Wildman–Crippen LogP) is 3.96. The van der Waals surface area contributed by atoms with Crippen molar-refractivity contribution in [3.8, 4) is 5.75 Å². The smallest absolute Gasteiger partial charge is 0.226 e. The van der Waals surface area contributed by atoms with Gasteiger partial charge in [-0.05, 0) is 50.8 Å². The molecule has 0 saturated carbocycles. The summed E-state index contributed by atoms with van der Waals surface area (Å²) in [7, 11) is 1.67. The van der Waals surface area contributed by atoms with Crippen molar-refractivity contribution < 1.29 is 9.53 Å². The van der Waals surface area contributed by atoms with Gasteiger partial charge >= 0.3 is 0 Å². The van der Waals surface area contributed by atoms with Gasteiger partial charge in [-0.25, -0.2) is 0 Å². The van der Waals surface area contributed by atoms with Gasteiger partial charge < -0.3 is 9.64 Å². The molecule has 114 valence electrons. The number of hydrogen-bond donors (Lipinski definition) is 0. The molecule has 1 aliphatic carbocycles. The van der Waals surface area contributed by atoms with Gasteiger partial charge in [0.05, 0.1) is 13.2 Å². The lowest BCUT2D eigenvalue weighted by atomic mass is 9.92. The van der Waals surface area contributed by atoms with Crippen LogP contribution in [0.2, 0.25) is 0 Å². The predicted molar refractivity (Wildman–Crippen MR) is 85.3 cm³/mol. The van der Waals surface area contributed by atoms with E-state index in [0.717, 1.165) is 37.1 Å². The Balaban J connectivity index is 2.15. The van der Waals surface area contributed by atoms with Gasteiger partial charge in [0, 0.05) is 12.5 Å². The largest absolute Gasteiger partial charge is 0.497 e. The third kappa shape index (κ3) is 3.66. The summed E-state index contributed by atoms with van der Waals surface area (Å²) in [4.78, 5) is 14.7. The Morgan fingerprint density at radius 1 is 1.43 bits per heavy atom. The second-order valence-electron chi connectivity index (χ2n) is 5.56. The van der Waals surface area contributed by atoms with Crippen LogP contribution < -0.4 is 4.74 Å². The Bertz CT molecular complexity index is 510. The van der Waals surface area contributed by atoms with E-state index in [1.54, 1.807) is 7.11 Å². The van der Waals surface area contributed by atoms with Crippen molar-refractivity contribution in [2.45, 2.75) is 39.2 Å². The summed E-state index contributed by atoms with van der Waals surface area (Å²) < 4.78 is 5.28. The van der Waals surface area contributed by atoms with Crippen LogP contribution in [-0.2, 0) is 4.79 Å². The van der Waals surface area contributed by atoms with Gasteiger partial charge in [-0.1, -0.05) is 24.3 Å². The third-order valence-electron chi connectivity index (χ3n) is 4.29. The molecule has 0 aliphatic heterocycles. The monoisotopic (exact) mass is 287 g/mol. The number of hydrogen-bond acceptors (Lipinski definition) is 2. The molecule has 3 heteroatoms. The lowest BCUT2D eigenvalue weighted by Gasteiger charge is -2.32. The lowest BCUT2D eigenvalue weighted by molar-refractivity contribution is -0.137. The van der Waals surface area contributed by atoms with Crippen molar-refractivity contribution in [1.29, 1.82) is 0 Å². The molecular formula is C18H25NO2. The molecular weight excluding hydrogens is 262 g/mol.